The quantitative estimate of drug-likeness (QED) is 0.433. The van der Waals surface area contributed by atoms with E-state index in [1.165, 1.54) is 17.7 Å². The van der Waals surface area contributed by atoms with Gasteiger partial charge in [-0.15, -0.1) is 0 Å². The fraction of sp³-hybridized carbons (Fsp3) is 0.333. The molecule has 168 valence electrons. The van der Waals surface area contributed by atoms with Crippen LogP contribution < -0.4 is 19.5 Å². The third kappa shape index (κ3) is 5.40. The number of fused-ring (bicyclic) bond motifs is 1. The van der Waals surface area contributed by atoms with Crippen molar-refractivity contribution in [1.82, 2.24) is 5.32 Å². The van der Waals surface area contributed by atoms with Gasteiger partial charge in [0.15, 0.2) is 11.5 Å². The Morgan fingerprint density at radius 2 is 1.47 bits per heavy atom. The molecule has 0 fully saturated rings. The van der Waals surface area contributed by atoms with Crippen LogP contribution in [0.5, 0.6) is 17.2 Å². The number of benzene rings is 3. The lowest BCUT2D eigenvalue weighted by Gasteiger charge is -2.21. The Labute approximate surface area is 189 Å². The molecule has 2 unspecified atom stereocenters. The van der Waals surface area contributed by atoms with Gasteiger partial charge < -0.3 is 19.5 Å². The molecule has 0 saturated heterocycles. The van der Waals surface area contributed by atoms with Crippen molar-refractivity contribution in [2.75, 3.05) is 13.3 Å². The van der Waals surface area contributed by atoms with Crippen molar-refractivity contribution in [2.24, 2.45) is 0 Å². The van der Waals surface area contributed by atoms with E-state index in [4.69, 9.17) is 14.2 Å². The van der Waals surface area contributed by atoms with Crippen molar-refractivity contribution in [3.63, 3.8) is 0 Å². The Balaban J connectivity index is 1.45. The Hall–Kier alpha value is -3.05. The lowest BCUT2D eigenvalue weighted by Crippen LogP contribution is -2.22. The zero-order chi connectivity index (χ0) is 22.5. The predicted octanol–water partition coefficient (Wildman–Crippen LogP) is 6.21. The van der Waals surface area contributed by atoms with Crippen LogP contribution in [-0.2, 0) is 0 Å². The molecule has 0 aliphatic carbocycles. The molecule has 4 rings (SSSR count). The number of halogens is 1. The average Bonchev–Trinajstić information content (AvgIpc) is 3.26. The first kappa shape index (κ1) is 22.2. The molecule has 1 N–H and O–H groups in total. The third-order valence-electron chi connectivity index (χ3n) is 5.71. The van der Waals surface area contributed by atoms with Crippen molar-refractivity contribution >= 4 is 0 Å². The van der Waals surface area contributed by atoms with Gasteiger partial charge in [0, 0.05) is 12.0 Å². The molecule has 1 heterocycles. The molecular formula is C27H30FNO3. The molecule has 0 saturated carbocycles. The minimum Gasteiger partial charge on any atom is -0.491 e. The fourth-order valence-electron chi connectivity index (χ4n) is 4.02. The highest BCUT2D eigenvalue weighted by Gasteiger charge is 2.18. The second-order valence-electron chi connectivity index (χ2n) is 8.42. The average molecular weight is 436 g/mol. The first-order valence-corrected chi connectivity index (χ1v) is 11.1. The number of rotatable bonds is 9. The smallest absolute Gasteiger partial charge is 0.231 e. The molecule has 3 aromatic rings. The fourth-order valence-corrected chi connectivity index (χ4v) is 4.02. The van der Waals surface area contributed by atoms with E-state index in [9.17, 15) is 4.39 Å². The lowest BCUT2D eigenvalue weighted by atomic mass is 9.88. The van der Waals surface area contributed by atoms with Gasteiger partial charge in [0.25, 0.3) is 0 Å². The van der Waals surface area contributed by atoms with Crippen LogP contribution in [0.25, 0.3) is 0 Å². The molecule has 32 heavy (non-hydrogen) atoms. The van der Waals surface area contributed by atoms with Crippen LogP contribution in [0.1, 0.15) is 55.8 Å². The van der Waals surface area contributed by atoms with E-state index in [0.29, 0.717) is 0 Å². The summed E-state index contributed by atoms with van der Waals surface area (Å²) >= 11 is 0. The van der Waals surface area contributed by atoms with E-state index in [0.717, 1.165) is 41.3 Å². The van der Waals surface area contributed by atoms with Gasteiger partial charge in [-0.1, -0.05) is 30.3 Å². The highest BCUT2D eigenvalue weighted by molar-refractivity contribution is 5.45. The van der Waals surface area contributed by atoms with Gasteiger partial charge in [0.1, 0.15) is 11.6 Å². The molecule has 1 aliphatic heterocycles. The molecule has 0 aromatic heterocycles. The predicted molar refractivity (Wildman–Crippen MR) is 124 cm³/mol. The first-order valence-electron chi connectivity index (χ1n) is 11.1. The van der Waals surface area contributed by atoms with Gasteiger partial charge in [-0.2, -0.15) is 0 Å². The zero-order valence-electron chi connectivity index (χ0n) is 18.8. The highest BCUT2D eigenvalue weighted by Crippen LogP contribution is 2.34. The molecule has 4 nitrogen and oxygen atoms in total. The van der Waals surface area contributed by atoms with Gasteiger partial charge in [-0.3, -0.25) is 0 Å². The summed E-state index contributed by atoms with van der Waals surface area (Å²) < 4.78 is 30.2. The van der Waals surface area contributed by atoms with Crippen LogP contribution in [0.15, 0.2) is 66.7 Å². The summed E-state index contributed by atoms with van der Waals surface area (Å²) in [4.78, 5) is 0. The van der Waals surface area contributed by atoms with Crippen LogP contribution in [-0.4, -0.2) is 19.4 Å². The number of hydrogen-bond acceptors (Lipinski definition) is 4. The minimum absolute atomic E-state index is 0.135. The minimum atomic E-state index is -0.220. The van der Waals surface area contributed by atoms with Gasteiger partial charge in [0.2, 0.25) is 6.79 Å². The first-order chi connectivity index (χ1) is 15.5. The van der Waals surface area contributed by atoms with Gasteiger partial charge in [0.05, 0.1) is 6.10 Å². The van der Waals surface area contributed by atoms with Crippen LogP contribution >= 0.6 is 0 Å². The topological polar surface area (TPSA) is 39.7 Å². The molecule has 0 spiro atoms. The van der Waals surface area contributed by atoms with E-state index >= 15 is 0 Å². The van der Waals surface area contributed by atoms with E-state index < -0.39 is 0 Å². The van der Waals surface area contributed by atoms with E-state index in [1.807, 2.05) is 50.2 Å². The van der Waals surface area contributed by atoms with Gasteiger partial charge in [-0.25, -0.2) is 4.39 Å². The maximum Gasteiger partial charge on any atom is 0.231 e. The Kier molecular flexibility index (Phi) is 6.96. The Morgan fingerprint density at radius 3 is 2.16 bits per heavy atom. The van der Waals surface area contributed by atoms with Crippen LogP contribution in [0.3, 0.4) is 0 Å². The van der Waals surface area contributed by atoms with Gasteiger partial charge in [-0.05, 0) is 86.8 Å². The number of ether oxygens (including phenoxy) is 3. The van der Waals surface area contributed by atoms with Crippen molar-refractivity contribution in [2.45, 2.75) is 45.3 Å². The van der Waals surface area contributed by atoms with E-state index in [-0.39, 0.29) is 30.7 Å². The summed E-state index contributed by atoms with van der Waals surface area (Å²) in [6, 6.07) is 21.3. The molecule has 0 amide bonds. The summed E-state index contributed by atoms with van der Waals surface area (Å²) in [6.07, 6.45) is 1.01. The number of hydrogen-bond donors (Lipinski definition) is 1. The summed E-state index contributed by atoms with van der Waals surface area (Å²) in [6.45, 7) is 7.26. The van der Waals surface area contributed by atoms with Crippen molar-refractivity contribution in [3.8, 4) is 17.2 Å². The molecule has 2 atom stereocenters. The van der Waals surface area contributed by atoms with Crippen LogP contribution in [0.2, 0.25) is 0 Å². The Morgan fingerprint density at radius 1 is 0.844 bits per heavy atom. The second-order valence-corrected chi connectivity index (χ2v) is 8.42. The SMILES string of the molecule is CC(C)Oc1ccc(C(CCNC(C)c2ccc3c(c2)OCO3)c2ccc(F)cc2)cc1. The highest BCUT2D eigenvalue weighted by atomic mass is 19.1. The molecular weight excluding hydrogens is 405 g/mol. The monoisotopic (exact) mass is 435 g/mol. The maximum absolute atomic E-state index is 13.5. The Bertz CT molecular complexity index is 1020. The molecule has 1 aliphatic rings. The molecule has 0 bridgehead atoms. The molecule has 5 heteroatoms. The van der Waals surface area contributed by atoms with E-state index in [1.54, 1.807) is 0 Å². The maximum atomic E-state index is 13.5. The normalized spacial score (nSPS) is 14.4. The molecule has 3 aromatic carbocycles. The van der Waals surface area contributed by atoms with Crippen LogP contribution in [0.4, 0.5) is 4.39 Å². The second kappa shape index (κ2) is 10.0. The number of nitrogens with one attached hydrogen (secondary N) is 1. The third-order valence-corrected chi connectivity index (χ3v) is 5.71. The summed E-state index contributed by atoms with van der Waals surface area (Å²) in [5.74, 6) is 2.38. The summed E-state index contributed by atoms with van der Waals surface area (Å²) in [5.41, 5.74) is 3.44. The van der Waals surface area contributed by atoms with Crippen molar-refractivity contribution in [3.05, 3.63) is 89.2 Å². The molecule has 0 radical (unpaired) electrons. The largest absolute Gasteiger partial charge is 0.491 e. The van der Waals surface area contributed by atoms with E-state index in [2.05, 4.69) is 30.4 Å². The van der Waals surface area contributed by atoms with Crippen molar-refractivity contribution in [1.29, 1.82) is 0 Å². The summed E-state index contributed by atoms with van der Waals surface area (Å²) in [7, 11) is 0. The van der Waals surface area contributed by atoms with Gasteiger partial charge >= 0.3 is 0 Å². The van der Waals surface area contributed by atoms with Crippen LogP contribution in [0, 0.1) is 5.82 Å². The lowest BCUT2D eigenvalue weighted by molar-refractivity contribution is 0.174. The standard InChI is InChI=1S/C27H30FNO3/c1-18(2)32-24-11-6-21(7-12-24)25(20-4-9-23(28)10-5-20)14-15-29-19(3)22-8-13-26-27(16-22)31-17-30-26/h4-13,16,18-19,25,29H,14-15,17H2,1-3H3. The summed E-state index contributed by atoms with van der Waals surface area (Å²) in [5, 5.41) is 3.61. The zero-order valence-corrected chi connectivity index (χ0v) is 18.8. The van der Waals surface area contributed by atoms with Crippen molar-refractivity contribution < 1.29 is 18.6 Å².